The Morgan fingerprint density at radius 2 is 2.00 bits per heavy atom. The minimum atomic E-state index is -0.0345. The van der Waals surface area contributed by atoms with Crippen LogP contribution in [0.15, 0.2) is 18.3 Å². The van der Waals surface area contributed by atoms with Crippen molar-refractivity contribution in [1.29, 1.82) is 0 Å². The highest BCUT2D eigenvalue weighted by atomic mass is 16.5. The van der Waals surface area contributed by atoms with Crippen molar-refractivity contribution in [3.05, 3.63) is 23.9 Å². The molecule has 0 bridgehead atoms. The summed E-state index contributed by atoms with van der Waals surface area (Å²) in [7, 11) is 0. The molecule has 0 radical (unpaired) electrons. The Morgan fingerprint density at radius 1 is 1.28 bits per heavy atom. The molecule has 0 unspecified atom stereocenters. The van der Waals surface area contributed by atoms with E-state index in [0.29, 0.717) is 25.3 Å². The Labute approximate surface area is 150 Å². The zero-order valence-electron chi connectivity index (χ0n) is 15.4. The van der Waals surface area contributed by atoms with E-state index in [-0.39, 0.29) is 5.91 Å². The normalized spacial score (nSPS) is 25.0. The highest BCUT2D eigenvalue weighted by Gasteiger charge is 2.22. The third-order valence-electron chi connectivity index (χ3n) is 5.00. The second kappa shape index (κ2) is 8.63. The molecule has 3 heterocycles. The first-order chi connectivity index (χ1) is 12.1. The predicted molar refractivity (Wildman–Crippen MR) is 99.0 cm³/mol. The number of hydrogen-bond acceptors (Lipinski definition) is 5. The first-order valence-electron chi connectivity index (χ1n) is 9.41. The fourth-order valence-corrected chi connectivity index (χ4v) is 4.00. The number of carbonyl (C=O) groups is 1. The van der Waals surface area contributed by atoms with Crippen LogP contribution in [0.2, 0.25) is 0 Å². The molecule has 6 nitrogen and oxygen atoms in total. The smallest absolute Gasteiger partial charge is 0.255 e. The highest BCUT2D eigenvalue weighted by molar-refractivity contribution is 5.98. The molecule has 0 aromatic carbocycles. The number of piperidine rings is 1. The predicted octanol–water partition coefficient (Wildman–Crippen LogP) is 1.63. The number of ether oxygens (including phenoxy) is 1. The molecule has 2 aliphatic heterocycles. The number of morpholine rings is 1. The van der Waals surface area contributed by atoms with Crippen LogP contribution in [0.4, 0.5) is 5.82 Å². The Morgan fingerprint density at radius 3 is 2.72 bits per heavy atom. The molecule has 2 saturated heterocycles. The standard InChI is InChI=1S/C19H30N4O2/c1-15-12-16(2)14-22(13-15)7-6-21-19(24)17-4-3-5-20-18(17)23-8-10-25-11-9-23/h3-5,15-16H,6-14H2,1-2H3,(H,21,24)/t15-,16+. The number of rotatable bonds is 5. The van der Waals surface area contributed by atoms with Crippen LogP contribution >= 0.6 is 0 Å². The number of carbonyl (C=O) groups excluding carboxylic acids is 1. The van der Waals surface area contributed by atoms with Crippen LogP contribution in [0.5, 0.6) is 0 Å². The summed E-state index contributed by atoms with van der Waals surface area (Å²) in [6, 6.07) is 3.69. The van der Waals surface area contributed by atoms with Gasteiger partial charge >= 0.3 is 0 Å². The van der Waals surface area contributed by atoms with Crippen LogP contribution in [0.3, 0.4) is 0 Å². The molecule has 138 valence electrons. The van der Waals surface area contributed by atoms with Gasteiger partial charge in [0.25, 0.3) is 5.91 Å². The zero-order chi connectivity index (χ0) is 17.6. The zero-order valence-corrected chi connectivity index (χ0v) is 15.4. The van der Waals surface area contributed by atoms with Crippen LogP contribution in [0.1, 0.15) is 30.6 Å². The second-order valence-electron chi connectivity index (χ2n) is 7.44. The second-order valence-corrected chi connectivity index (χ2v) is 7.44. The van der Waals surface area contributed by atoms with Crippen molar-refractivity contribution in [3.8, 4) is 0 Å². The Hall–Kier alpha value is -1.66. The summed E-state index contributed by atoms with van der Waals surface area (Å²) in [5, 5.41) is 3.08. The fraction of sp³-hybridized carbons (Fsp3) is 0.684. The largest absolute Gasteiger partial charge is 0.378 e. The van der Waals surface area contributed by atoms with Crippen molar-refractivity contribution in [2.24, 2.45) is 11.8 Å². The lowest BCUT2D eigenvalue weighted by atomic mass is 9.92. The summed E-state index contributed by atoms with van der Waals surface area (Å²) >= 11 is 0. The van der Waals surface area contributed by atoms with E-state index in [1.165, 1.54) is 6.42 Å². The minimum absolute atomic E-state index is 0.0345. The minimum Gasteiger partial charge on any atom is -0.378 e. The lowest BCUT2D eigenvalue weighted by molar-refractivity contribution is 0.0935. The van der Waals surface area contributed by atoms with E-state index in [1.54, 1.807) is 6.20 Å². The van der Waals surface area contributed by atoms with Gasteiger partial charge in [0, 0.05) is 45.5 Å². The van der Waals surface area contributed by atoms with Crippen LogP contribution < -0.4 is 10.2 Å². The SMILES string of the molecule is C[C@@H]1C[C@H](C)CN(CCNC(=O)c2cccnc2N2CCOCC2)C1. The maximum absolute atomic E-state index is 12.7. The molecular weight excluding hydrogens is 316 g/mol. The number of pyridine rings is 1. The van der Waals surface area contributed by atoms with Crippen molar-refractivity contribution >= 4 is 11.7 Å². The molecule has 2 aliphatic rings. The molecule has 6 heteroatoms. The summed E-state index contributed by atoms with van der Waals surface area (Å²) < 4.78 is 5.40. The quantitative estimate of drug-likeness (QED) is 0.878. The molecule has 25 heavy (non-hydrogen) atoms. The summed E-state index contributed by atoms with van der Waals surface area (Å²) in [6.45, 7) is 11.4. The van der Waals surface area contributed by atoms with Gasteiger partial charge in [0.15, 0.2) is 0 Å². The average molecular weight is 346 g/mol. The average Bonchev–Trinajstić information content (AvgIpc) is 2.61. The van der Waals surface area contributed by atoms with E-state index in [1.807, 2.05) is 12.1 Å². The van der Waals surface area contributed by atoms with E-state index in [0.717, 1.165) is 50.4 Å². The third-order valence-corrected chi connectivity index (χ3v) is 5.00. The number of nitrogens with zero attached hydrogens (tertiary/aromatic N) is 3. The van der Waals surface area contributed by atoms with E-state index in [2.05, 4.69) is 33.9 Å². The number of anilines is 1. The highest BCUT2D eigenvalue weighted by Crippen LogP contribution is 2.21. The Kier molecular flexibility index (Phi) is 6.26. The monoisotopic (exact) mass is 346 g/mol. The molecule has 0 saturated carbocycles. The molecule has 1 amide bonds. The van der Waals surface area contributed by atoms with Gasteiger partial charge in [-0.2, -0.15) is 0 Å². The maximum atomic E-state index is 12.7. The van der Waals surface area contributed by atoms with Crippen LogP contribution in [-0.4, -0.2) is 68.3 Å². The van der Waals surface area contributed by atoms with Gasteiger partial charge in [-0.1, -0.05) is 13.8 Å². The molecule has 3 rings (SSSR count). The van der Waals surface area contributed by atoms with Crippen LogP contribution in [0.25, 0.3) is 0 Å². The fourth-order valence-electron chi connectivity index (χ4n) is 4.00. The van der Waals surface area contributed by atoms with E-state index < -0.39 is 0 Å². The topological polar surface area (TPSA) is 57.7 Å². The summed E-state index contributed by atoms with van der Waals surface area (Å²) in [4.78, 5) is 21.7. The molecular formula is C19H30N4O2. The molecule has 2 atom stereocenters. The van der Waals surface area contributed by atoms with Crippen LogP contribution in [-0.2, 0) is 4.74 Å². The number of hydrogen-bond donors (Lipinski definition) is 1. The summed E-state index contributed by atoms with van der Waals surface area (Å²) in [5.41, 5.74) is 0.657. The van der Waals surface area contributed by atoms with Crippen molar-refractivity contribution in [3.63, 3.8) is 0 Å². The maximum Gasteiger partial charge on any atom is 0.255 e. The van der Waals surface area contributed by atoms with E-state index in [9.17, 15) is 4.79 Å². The van der Waals surface area contributed by atoms with Crippen molar-refractivity contribution in [2.75, 3.05) is 57.4 Å². The number of nitrogens with one attached hydrogen (secondary N) is 1. The Bertz CT molecular complexity index is 564. The van der Waals surface area contributed by atoms with Crippen molar-refractivity contribution in [2.45, 2.75) is 20.3 Å². The van der Waals surface area contributed by atoms with Gasteiger partial charge in [-0.05, 0) is 30.4 Å². The van der Waals surface area contributed by atoms with Gasteiger partial charge in [0.05, 0.1) is 18.8 Å². The molecule has 1 N–H and O–H groups in total. The van der Waals surface area contributed by atoms with Gasteiger partial charge < -0.3 is 19.9 Å². The molecule has 2 fully saturated rings. The lowest BCUT2D eigenvalue weighted by Crippen LogP contribution is -2.43. The Balaban J connectivity index is 1.54. The lowest BCUT2D eigenvalue weighted by Gasteiger charge is -2.35. The molecule has 1 aromatic heterocycles. The number of aromatic nitrogens is 1. The molecule has 0 spiro atoms. The summed E-state index contributed by atoms with van der Waals surface area (Å²) in [6.07, 6.45) is 3.06. The number of likely N-dealkylation sites (tertiary alicyclic amines) is 1. The van der Waals surface area contributed by atoms with E-state index in [4.69, 9.17) is 4.74 Å². The summed E-state index contributed by atoms with van der Waals surface area (Å²) in [5.74, 6) is 2.22. The van der Waals surface area contributed by atoms with Crippen LogP contribution in [0, 0.1) is 11.8 Å². The van der Waals surface area contributed by atoms with E-state index >= 15 is 0 Å². The van der Waals surface area contributed by atoms with Gasteiger partial charge in [-0.25, -0.2) is 4.98 Å². The van der Waals surface area contributed by atoms with Crippen molar-refractivity contribution < 1.29 is 9.53 Å². The van der Waals surface area contributed by atoms with Gasteiger partial charge in [-0.3, -0.25) is 4.79 Å². The molecule has 0 aliphatic carbocycles. The van der Waals surface area contributed by atoms with Crippen molar-refractivity contribution in [1.82, 2.24) is 15.2 Å². The van der Waals surface area contributed by atoms with Gasteiger partial charge in [-0.15, -0.1) is 0 Å². The van der Waals surface area contributed by atoms with Gasteiger partial charge in [0.2, 0.25) is 0 Å². The number of amides is 1. The van der Waals surface area contributed by atoms with Gasteiger partial charge in [0.1, 0.15) is 5.82 Å². The first kappa shape index (κ1) is 18.1. The third kappa shape index (κ3) is 4.92. The molecule has 1 aromatic rings. The first-order valence-corrected chi connectivity index (χ1v) is 9.41.